The van der Waals surface area contributed by atoms with Crippen molar-refractivity contribution < 1.29 is 47.9 Å². The maximum Gasteiger partial charge on any atom is 0.311 e. The van der Waals surface area contributed by atoms with Gasteiger partial charge in [-0.3, -0.25) is 19.2 Å². The number of carbonyl (C=O) groups excluding carboxylic acids is 4. The predicted octanol–water partition coefficient (Wildman–Crippen LogP) is 9.56. The van der Waals surface area contributed by atoms with Gasteiger partial charge < -0.3 is 18.9 Å². The molecule has 0 saturated carbocycles. The number of hydrogen-bond acceptors (Lipinski definition) is 10. The normalized spacial score (nSPS) is 12.9. The number of esters is 4. The van der Waals surface area contributed by atoms with Gasteiger partial charge in [0.15, 0.2) is 0 Å². The van der Waals surface area contributed by atoms with Gasteiger partial charge in [0, 0.05) is 12.8 Å². The van der Waals surface area contributed by atoms with Crippen LogP contribution >= 0.6 is 0 Å². The molecule has 0 aliphatic carbocycles. The molecule has 0 aliphatic rings. The molecule has 0 fully saturated rings. The van der Waals surface area contributed by atoms with E-state index in [0.717, 1.165) is 24.8 Å². The van der Waals surface area contributed by atoms with E-state index in [0.29, 0.717) is 19.4 Å². The summed E-state index contributed by atoms with van der Waals surface area (Å²) in [4.78, 5) is 58.8. The van der Waals surface area contributed by atoms with Crippen LogP contribution in [-0.2, 0) is 47.9 Å². The quantitative estimate of drug-likeness (QED) is 0.0157. The van der Waals surface area contributed by atoms with Crippen LogP contribution in [0.4, 0.5) is 0 Å². The first-order valence-electron chi connectivity index (χ1n) is 19.6. The first-order valence-corrected chi connectivity index (χ1v) is 19.6. The zero-order valence-electron chi connectivity index (χ0n) is 32.5. The second kappa shape index (κ2) is 32.4. The van der Waals surface area contributed by atoms with Crippen LogP contribution in [0.25, 0.3) is 0 Å². The van der Waals surface area contributed by atoms with E-state index in [2.05, 4.69) is 13.5 Å². The Kier molecular flexibility index (Phi) is 30.9. The number of ether oxygens (including phenoxy) is 4. The standard InChI is InChI=1S/C40H72O10/c1-7-9-10-11-12-13-14-15-16-17-18-19-20-21-22-23-27-48-39(44)40(6,8-2)32-35(5)38(43)47-29-28-45-36(41)25-24-26-37(42)46-30-31-49-50-33-34(3)4/h35H,3,7-33H2,1-2,4-6H3. The lowest BCUT2D eigenvalue weighted by atomic mass is 9.79. The molecule has 0 rings (SSSR count). The van der Waals surface area contributed by atoms with Crippen LogP contribution in [0.5, 0.6) is 0 Å². The zero-order valence-corrected chi connectivity index (χ0v) is 32.5. The largest absolute Gasteiger partial charge is 0.465 e. The fraction of sp³-hybridized carbons (Fsp3) is 0.850. The second-order valence-electron chi connectivity index (χ2n) is 14.0. The van der Waals surface area contributed by atoms with E-state index in [4.69, 9.17) is 28.7 Å². The Balaban J connectivity index is 3.91. The Morgan fingerprint density at radius 1 is 0.580 bits per heavy atom. The number of unbranched alkanes of at least 4 members (excludes halogenated alkanes) is 15. The monoisotopic (exact) mass is 713 g/mol. The molecule has 0 N–H and O–H groups in total. The van der Waals surface area contributed by atoms with Gasteiger partial charge in [0.2, 0.25) is 0 Å². The van der Waals surface area contributed by atoms with Crippen LogP contribution in [-0.4, -0.2) is 63.5 Å². The molecule has 0 saturated heterocycles. The summed E-state index contributed by atoms with van der Waals surface area (Å²) < 4.78 is 21.0. The van der Waals surface area contributed by atoms with E-state index in [-0.39, 0.29) is 58.3 Å². The van der Waals surface area contributed by atoms with Crippen molar-refractivity contribution in [1.82, 2.24) is 0 Å². The molecule has 0 aromatic carbocycles. The van der Waals surface area contributed by atoms with Gasteiger partial charge in [-0.15, -0.1) is 0 Å². The van der Waals surface area contributed by atoms with Gasteiger partial charge in [-0.1, -0.05) is 129 Å². The summed E-state index contributed by atoms with van der Waals surface area (Å²) in [5.41, 5.74) is 0.0256. The summed E-state index contributed by atoms with van der Waals surface area (Å²) in [7, 11) is 0. The molecule has 0 aromatic heterocycles. The summed E-state index contributed by atoms with van der Waals surface area (Å²) >= 11 is 0. The van der Waals surface area contributed by atoms with E-state index in [1.807, 2.05) is 13.8 Å². The summed E-state index contributed by atoms with van der Waals surface area (Å²) in [6, 6.07) is 0. The molecule has 0 heterocycles. The molecule has 0 amide bonds. The van der Waals surface area contributed by atoms with Crippen molar-refractivity contribution in [3.05, 3.63) is 12.2 Å². The first-order chi connectivity index (χ1) is 24.1. The van der Waals surface area contributed by atoms with Crippen molar-refractivity contribution >= 4 is 23.9 Å². The molecule has 2 atom stereocenters. The van der Waals surface area contributed by atoms with Crippen LogP contribution < -0.4 is 0 Å². The van der Waals surface area contributed by atoms with Gasteiger partial charge in [-0.2, -0.15) is 0 Å². The van der Waals surface area contributed by atoms with Crippen molar-refractivity contribution in [2.75, 3.05) is 39.6 Å². The minimum Gasteiger partial charge on any atom is -0.465 e. The molecular formula is C40H72O10. The van der Waals surface area contributed by atoms with Crippen molar-refractivity contribution in [2.45, 2.75) is 169 Å². The molecule has 50 heavy (non-hydrogen) atoms. The van der Waals surface area contributed by atoms with Crippen LogP contribution in [0, 0.1) is 11.3 Å². The van der Waals surface area contributed by atoms with Gasteiger partial charge in [0.05, 0.1) is 17.9 Å². The Labute approximate surface area is 304 Å². The maximum atomic E-state index is 12.9. The molecule has 10 heteroatoms. The fourth-order valence-electron chi connectivity index (χ4n) is 5.47. The van der Waals surface area contributed by atoms with E-state index in [1.165, 1.54) is 83.5 Å². The average molecular weight is 713 g/mol. The Morgan fingerprint density at radius 3 is 1.52 bits per heavy atom. The van der Waals surface area contributed by atoms with Crippen LogP contribution in [0.3, 0.4) is 0 Å². The zero-order chi connectivity index (χ0) is 37.3. The smallest absolute Gasteiger partial charge is 0.311 e. The van der Waals surface area contributed by atoms with Gasteiger partial charge in [-0.05, 0) is 39.5 Å². The fourth-order valence-corrected chi connectivity index (χ4v) is 5.47. The lowest BCUT2D eigenvalue weighted by Crippen LogP contribution is -2.34. The summed E-state index contributed by atoms with van der Waals surface area (Å²) in [6.45, 7) is 13.8. The van der Waals surface area contributed by atoms with Gasteiger partial charge >= 0.3 is 23.9 Å². The lowest BCUT2D eigenvalue weighted by molar-refractivity contribution is -0.291. The van der Waals surface area contributed by atoms with Gasteiger partial charge in [0.1, 0.15) is 33.0 Å². The topological polar surface area (TPSA) is 124 Å². The van der Waals surface area contributed by atoms with E-state index in [1.54, 1.807) is 13.8 Å². The van der Waals surface area contributed by atoms with Gasteiger partial charge in [0.25, 0.3) is 0 Å². The van der Waals surface area contributed by atoms with Crippen LogP contribution in [0.15, 0.2) is 12.2 Å². The van der Waals surface area contributed by atoms with Crippen LogP contribution in [0.2, 0.25) is 0 Å². The number of hydrogen-bond donors (Lipinski definition) is 0. The van der Waals surface area contributed by atoms with Crippen molar-refractivity contribution in [1.29, 1.82) is 0 Å². The first kappa shape index (κ1) is 47.5. The van der Waals surface area contributed by atoms with E-state index < -0.39 is 29.2 Å². The molecule has 0 spiro atoms. The third-order valence-corrected chi connectivity index (χ3v) is 8.83. The van der Waals surface area contributed by atoms with Gasteiger partial charge in [-0.25, -0.2) is 9.78 Å². The summed E-state index contributed by atoms with van der Waals surface area (Å²) in [5, 5.41) is 0. The predicted molar refractivity (Wildman–Crippen MR) is 196 cm³/mol. The average Bonchev–Trinajstić information content (AvgIpc) is 3.09. The van der Waals surface area contributed by atoms with E-state index in [9.17, 15) is 19.2 Å². The lowest BCUT2D eigenvalue weighted by Gasteiger charge is -2.28. The highest BCUT2D eigenvalue weighted by molar-refractivity contribution is 5.78. The molecule has 0 radical (unpaired) electrons. The Bertz CT molecular complexity index is 905. The molecular weight excluding hydrogens is 640 g/mol. The Hall–Kier alpha value is -2.46. The third-order valence-electron chi connectivity index (χ3n) is 8.83. The SMILES string of the molecule is C=C(C)COOCCOC(=O)CCCC(=O)OCCOC(=O)C(C)CC(C)(CC)C(=O)OCCCCCCCCCCCCCCCCCC. The highest BCUT2D eigenvalue weighted by Crippen LogP contribution is 2.32. The van der Waals surface area contributed by atoms with Crippen LogP contribution in [0.1, 0.15) is 169 Å². The molecule has 2 unspecified atom stereocenters. The molecule has 0 aliphatic heterocycles. The van der Waals surface area contributed by atoms with Crippen molar-refractivity contribution in [3.8, 4) is 0 Å². The molecule has 0 bridgehead atoms. The number of rotatable bonds is 35. The third kappa shape index (κ3) is 28.3. The molecule has 0 aromatic rings. The highest BCUT2D eigenvalue weighted by Gasteiger charge is 2.36. The highest BCUT2D eigenvalue weighted by atomic mass is 17.2. The van der Waals surface area contributed by atoms with Crippen molar-refractivity contribution in [3.63, 3.8) is 0 Å². The minimum atomic E-state index is -0.785. The molecule has 10 nitrogen and oxygen atoms in total. The maximum absolute atomic E-state index is 12.9. The minimum absolute atomic E-state index is 0.0358. The second-order valence-corrected chi connectivity index (χ2v) is 14.0. The molecule has 292 valence electrons. The van der Waals surface area contributed by atoms with Crippen molar-refractivity contribution in [2.24, 2.45) is 11.3 Å². The summed E-state index contributed by atoms with van der Waals surface area (Å²) in [6.07, 6.45) is 21.9. The Morgan fingerprint density at radius 2 is 1.04 bits per heavy atom. The summed E-state index contributed by atoms with van der Waals surface area (Å²) in [5.74, 6) is -2.20. The van der Waals surface area contributed by atoms with E-state index >= 15 is 0 Å². The number of carbonyl (C=O) groups is 4.